The first-order chi connectivity index (χ1) is 15.8. The molecule has 0 aliphatic carbocycles. The van der Waals surface area contributed by atoms with Gasteiger partial charge in [-0.05, 0) is 80.7 Å². The summed E-state index contributed by atoms with van der Waals surface area (Å²) >= 11 is 15.3. The fourth-order valence-electron chi connectivity index (χ4n) is 4.59. The maximum absolute atomic E-state index is 13.8. The monoisotopic (exact) mass is 541 g/mol. The van der Waals surface area contributed by atoms with Crippen molar-refractivity contribution in [3.05, 3.63) is 87.4 Å². The highest BCUT2D eigenvalue weighted by Gasteiger charge is 2.59. The van der Waals surface area contributed by atoms with Crippen LogP contribution in [0.2, 0.25) is 5.02 Å². The second-order valence-corrected chi connectivity index (χ2v) is 10.1. The van der Waals surface area contributed by atoms with E-state index in [1.54, 1.807) is 24.3 Å². The van der Waals surface area contributed by atoms with Crippen LogP contribution in [0.15, 0.2) is 71.2 Å². The summed E-state index contributed by atoms with van der Waals surface area (Å²) in [5.41, 5.74) is 2.47. The van der Waals surface area contributed by atoms with Crippen molar-refractivity contribution in [3.8, 4) is 5.75 Å². The molecule has 168 valence electrons. The molecule has 8 heteroatoms. The van der Waals surface area contributed by atoms with Crippen molar-refractivity contribution in [2.45, 2.75) is 25.6 Å². The predicted molar refractivity (Wildman–Crippen MR) is 139 cm³/mol. The van der Waals surface area contributed by atoms with Crippen LogP contribution in [0, 0.1) is 12.8 Å². The molecule has 2 aliphatic heterocycles. The third-order valence-corrected chi connectivity index (χ3v) is 7.19. The SMILES string of the molecule is Cc1ccc(N2C(=S)N[C@H]3c4cc(Br)ccc4O[C@@]2(C)[C@H]3C(=O)Nc2ccc(Cl)cc2)cc1. The third kappa shape index (κ3) is 3.88. The second kappa shape index (κ2) is 8.31. The van der Waals surface area contributed by atoms with Crippen LogP contribution in [0.5, 0.6) is 5.75 Å². The maximum Gasteiger partial charge on any atom is 0.236 e. The molecule has 3 aromatic rings. The summed E-state index contributed by atoms with van der Waals surface area (Å²) in [6, 6.07) is 20.5. The summed E-state index contributed by atoms with van der Waals surface area (Å²) in [5, 5.41) is 7.57. The number of thiocarbonyl (C=S) groups is 1. The van der Waals surface area contributed by atoms with E-state index in [-0.39, 0.29) is 11.9 Å². The number of amides is 1. The Balaban J connectivity index is 1.62. The van der Waals surface area contributed by atoms with Gasteiger partial charge < -0.3 is 15.4 Å². The Morgan fingerprint density at radius 3 is 2.55 bits per heavy atom. The highest BCUT2D eigenvalue weighted by molar-refractivity contribution is 9.10. The van der Waals surface area contributed by atoms with Gasteiger partial charge in [0.2, 0.25) is 5.91 Å². The van der Waals surface area contributed by atoms with Gasteiger partial charge in [-0.15, -0.1) is 0 Å². The molecule has 0 aromatic heterocycles. The van der Waals surface area contributed by atoms with Gasteiger partial charge in [0.05, 0.1) is 6.04 Å². The zero-order valence-electron chi connectivity index (χ0n) is 17.9. The van der Waals surface area contributed by atoms with Crippen molar-refractivity contribution in [1.82, 2.24) is 5.32 Å². The molecule has 33 heavy (non-hydrogen) atoms. The lowest BCUT2D eigenvalue weighted by Gasteiger charge is -2.56. The lowest BCUT2D eigenvalue weighted by atomic mass is 9.78. The largest absolute Gasteiger partial charge is 0.467 e. The topological polar surface area (TPSA) is 53.6 Å². The quantitative estimate of drug-likeness (QED) is 0.386. The smallest absolute Gasteiger partial charge is 0.236 e. The van der Waals surface area contributed by atoms with E-state index >= 15 is 0 Å². The average Bonchev–Trinajstić information content (AvgIpc) is 2.77. The minimum absolute atomic E-state index is 0.178. The molecule has 1 fully saturated rings. The average molecular weight is 543 g/mol. The van der Waals surface area contributed by atoms with Gasteiger partial charge in [-0.2, -0.15) is 0 Å². The predicted octanol–water partition coefficient (Wildman–Crippen LogP) is 6.21. The number of hydrogen-bond donors (Lipinski definition) is 2. The minimum atomic E-state index is -1.06. The molecule has 1 amide bonds. The fraction of sp³-hybridized carbons (Fsp3) is 0.200. The molecule has 1 saturated heterocycles. The molecular weight excluding hydrogens is 522 g/mol. The molecule has 2 aliphatic rings. The van der Waals surface area contributed by atoms with E-state index in [0.717, 1.165) is 21.3 Å². The zero-order chi connectivity index (χ0) is 23.3. The van der Waals surface area contributed by atoms with Gasteiger partial charge in [0.15, 0.2) is 10.8 Å². The highest BCUT2D eigenvalue weighted by Crippen LogP contribution is 2.50. The van der Waals surface area contributed by atoms with Crippen molar-refractivity contribution in [2.75, 3.05) is 10.2 Å². The molecule has 2 N–H and O–H groups in total. The first-order valence-electron chi connectivity index (χ1n) is 10.5. The molecule has 0 spiro atoms. The van der Waals surface area contributed by atoms with E-state index in [0.29, 0.717) is 21.6 Å². The number of nitrogens with one attached hydrogen (secondary N) is 2. The molecule has 2 heterocycles. The zero-order valence-corrected chi connectivity index (χ0v) is 21.1. The molecule has 5 nitrogen and oxygen atoms in total. The number of rotatable bonds is 3. The van der Waals surface area contributed by atoms with Crippen molar-refractivity contribution in [2.24, 2.45) is 5.92 Å². The summed E-state index contributed by atoms with van der Waals surface area (Å²) in [7, 11) is 0. The van der Waals surface area contributed by atoms with E-state index in [2.05, 4.69) is 26.6 Å². The van der Waals surface area contributed by atoms with E-state index < -0.39 is 11.6 Å². The third-order valence-electron chi connectivity index (χ3n) is 6.15. The Kier molecular flexibility index (Phi) is 5.59. The van der Waals surface area contributed by atoms with Gasteiger partial charge in [-0.1, -0.05) is 45.2 Å². The molecular formula is C25H21BrClN3O2S. The Labute approximate surface area is 211 Å². The summed E-state index contributed by atoms with van der Waals surface area (Å²) in [5.74, 6) is -0.0705. The standard InChI is InChI=1S/C25H21BrClN3O2S/c1-14-3-10-18(11-4-14)30-24(33)29-22-19-13-15(26)5-12-20(19)32-25(30,2)21(22)23(31)28-17-8-6-16(27)7-9-17/h3-13,21-22H,1-2H3,(H,28,31)(H,29,33)/t21-,22+,25+/m1/s1. The summed E-state index contributed by atoms with van der Waals surface area (Å²) < 4.78 is 7.50. The van der Waals surface area contributed by atoms with Crippen molar-refractivity contribution in [1.29, 1.82) is 0 Å². The number of aryl methyl sites for hydroxylation is 1. The Hall–Kier alpha value is -2.61. The molecule has 2 bridgehead atoms. The summed E-state index contributed by atoms with van der Waals surface area (Å²) in [6.07, 6.45) is 0. The molecule has 0 unspecified atom stereocenters. The van der Waals surface area contributed by atoms with Crippen LogP contribution in [-0.2, 0) is 4.79 Å². The number of hydrogen-bond acceptors (Lipinski definition) is 3. The van der Waals surface area contributed by atoms with Gasteiger partial charge in [-0.25, -0.2) is 0 Å². The van der Waals surface area contributed by atoms with E-state index in [1.807, 2.05) is 61.2 Å². The summed E-state index contributed by atoms with van der Waals surface area (Å²) in [4.78, 5) is 15.7. The number of anilines is 2. The minimum Gasteiger partial charge on any atom is -0.467 e. The summed E-state index contributed by atoms with van der Waals surface area (Å²) in [6.45, 7) is 3.95. The first kappa shape index (κ1) is 22.2. The maximum atomic E-state index is 13.8. The van der Waals surface area contributed by atoms with Crippen molar-refractivity contribution in [3.63, 3.8) is 0 Å². The van der Waals surface area contributed by atoms with Crippen LogP contribution in [0.1, 0.15) is 24.1 Å². The Morgan fingerprint density at radius 1 is 1.15 bits per heavy atom. The number of halogens is 2. The molecule has 5 rings (SSSR count). The Bertz CT molecular complexity index is 1250. The van der Waals surface area contributed by atoms with E-state index in [4.69, 9.17) is 28.6 Å². The lowest BCUT2D eigenvalue weighted by Crippen LogP contribution is -2.72. The number of benzene rings is 3. The molecule has 3 aromatic carbocycles. The lowest BCUT2D eigenvalue weighted by molar-refractivity contribution is -0.130. The molecule has 3 atom stereocenters. The van der Waals surface area contributed by atoms with Gasteiger partial charge in [0, 0.05) is 26.4 Å². The van der Waals surface area contributed by atoms with Crippen LogP contribution in [0.4, 0.5) is 11.4 Å². The van der Waals surface area contributed by atoms with E-state index in [1.165, 1.54) is 0 Å². The fourth-order valence-corrected chi connectivity index (χ4v) is 5.51. The van der Waals surface area contributed by atoms with E-state index in [9.17, 15) is 4.79 Å². The second-order valence-electron chi connectivity index (χ2n) is 8.41. The first-order valence-corrected chi connectivity index (χ1v) is 12.1. The highest BCUT2D eigenvalue weighted by atomic mass is 79.9. The van der Waals surface area contributed by atoms with Crippen LogP contribution in [-0.4, -0.2) is 16.7 Å². The van der Waals surface area contributed by atoms with Gasteiger partial charge in [0.25, 0.3) is 0 Å². The van der Waals surface area contributed by atoms with Crippen LogP contribution in [0.3, 0.4) is 0 Å². The van der Waals surface area contributed by atoms with Gasteiger partial charge >= 0.3 is 0 Å². The van der Waals surface area contributed by atoms with Gasteiger partial charge in [0.1, 0.15) is 11.7 Å². The van der Waals surface area contributed by atoms with Crippen LogP contribution in [0.25, 0.3) is 0 Å². The molecule has 0 radical (unpaired) electrons. The van der Waals surface area contributed by atoms with Crippen molar-refractivity contribution >= 4 is 62.1 Å². The number of fused-ring (bicyclic) bond motifs is 4. The van der Waals surface area contributed by atoms with Crippen LogP contribution >= 0.6 is 39.7 Å². The van der Waals surface area contributed by atoms with Crippen LogP contribution < -0.4 is 20.3 Å². The van der Waals surface area contributed by atoms with Gasteiger partial charge in [-0.3, -0.25) is 9.69 Å². The number of carbonyl (C=O) groups excluding carboxylic acids is 1. The Morgan fingerprint density at radius 2 is 1.85 bits per heavy atom. The normalized spacial score (nSPS) is 23.3. The number of carbonyl (C=O) groups is 1. The van der Waals surface area contributed by atoms with Crippen molar-refractivity contribution < 1.29 is 9.53 Å². The number of nitrogens with zero attached hydrogens (tertiary/aromatic N) is 1. The molecule has 0 saturated carbocycles. The number of ether oxygens (including phenoxy) is 1.